The van der Waals surface area contributed by atoms with Gasteiger partial charge in [-0.2, -0.15) is 0 Å². The van der Waals surface area contributed by atoms with Crippen molar-refractivity contribution in [2.45, 2.75) is 38.5 Å². The van der Waals surface area contributed by atoms with E-state index in [-0.39, 0.29) is 12.5 Å². The molecule has 0 saturated heterocycles. The highest BCUT2D eigenvalue weighted by atomic mass is 16.2. The van der Waals surface area contributed by atoms with Gasteiger partial charge in [-0.3, -0.25) is 4.79 Å². The van der Waals surface area contributed by atoms with Crippen LogP contribution >= 0.6 is 0 Å². The predicted molar refractivity (Wildman–Crippen MR) is 78.0 cm³/mol. The smallest absolute Gasteiger partial charge is 0.225 e. The second kappa shape index (κ2) is 7.66. The fourth-order valence-corrected chi connectivity index (χ4v) is 2.45. The number of nitrogens with zero attached hydrogens (tertiary/aromatic N) is 1. The van der Waals surface area contributed by atoms with Gasteiger partial charge in [-0.1, -0.05) is 24.8 Å². The number of nitrogens with one attached hydrogen (secondary N) is 1. The summed E-state index contributed by atoms with van der Waals surface area (Å²) in [5.74, 6) is 6.78. The molecule has 4 heteroatoms. The molecular formula is C16H20N2O2. The second-order valence-corrected chi connectivity index (χ2v) is 5.09. The lowest BCUT2D eigenvalue weighted by atomic mass is 10.0. The van der Waals surface area contributed by atoms with E-state index in [1.54, 1.807) is 12.1 Å². The number of hydrogen-bond acceptors (Lipinski definition) is 3. The SMILES string of the molecule is O=C(CC1CCCC1)Nc1cccc(C#CCCO)n1. The Labute approximate surface area is 119 Å². The number of pyridine rings is 1. The summed E-state index contributed by atoms with van der Waals surface area (Å²) in [7, 11) is 0. The Morgan fingerprint density at radius 1 is 1.40 bits per heavy atom. The number of hydrogen-bond donors (Lipinski definition) is 2. The summed E-state index contributed by atoms with van der Waals surface area (Å²) >= 11 is 0. The van der Waals surface area contributed by atoms with Crippen LogP contribution in [0.1, 0.15) is 44.2 Å². The fourth-order valence-electron chi connectivity index (χ4n) is 2.45. The molecule has 20 heavy (non-hydrogen) atoms. The van der Waals surface area contributed by atoms with Gasteiger partial charge in [-0.05, 0) is 36.8 Å². The Balaban J connectivity index is 1.90. The lowest BCUT2D eigenvalue weighted by Crippen LogP contribution is -2.16. The van der Waals surface area contributed by atoms with E-state index in [1.165, 1.54) is 12.8 Å². The van der Waals surface area contributed by atoms with Crippen molar-refractivity contribution >= 4 is 11.7 Å². The van der Waals surface area contributed by atoms with Gasteiger partial charge in [0.15, 0.2) is 0 Å². The van der Waals surface area contributed by atoms with Gasteiger partial charge in [0.05, 0.1) is 6.61 Å². The average molecular weight is 272 g/mol. The molecule has 0 radical (unpaired) electrons. The molecule has 1 amide bonds. The fraction of sp³-hybridized carbons (Fsp3) is 0.500. The highest BCUT2D eigenvalue weighted by Crippen LogP contribution is 2.27. The van der Waals surface area contributed by atoms with Gasteiger partial charge < -0.3 is 10.4 Å². The van der Waals surface area contributed by atoms with E-state index in [9.17, 15) is 4.79 Å². The maximum Gasteiger partial charge on any atom is 0.225 e. The molecule has 0 aliphatic heterocycles. The number of rotatable bonds is 4. The summed E-state index contributed by atoms with van der Waals surface area (Å²) in [5, 5.41) is 11.5. The van der Waals surface area contributed by atoms with E-state index in [2.05, 4.69) is 22.1 Å². The molecule has 106 valence electrons. The quantitative estimate of drug-likeness (QED) is 0.827. The molecule has 0 spiro atoms. The minimum Gasteiger partial charge on any atom is -0.395 e. The third-order valence-corrected chi connectivity index (χ3v) is 3.42. The van der Waals surface area contributed by atoms with Crippen LogP contribution in [-0.2, 0) is 4.79 Å². The molecule has 0 bridgehead atoms. The summed E-state index contributed by atoms with van der Waals surface area (Å²) in [5.41, 5.74) is 0.608. The summed E-state index contributed by atoms with van der Waals surface area (Å²) in [6.45, 7) is 0.0464. The standard InChI is InChI=1S/C16H20N2O2/c19-11-4-3-8-14-9-5-10-15(17-14)18-16(20)12-13-6-1-2-7-13/h5,9-10,13,19H,1-2,4,6-7,11-12H2,(H,17,18,20). The first-order valence-electron chi connectivity index (χ1n) is 7.14. The Hall–Kier alpha value is -1.86. The van der Waals surface area contributed by atoms with E-state index in [4.69, 9.17) is 5.11 Å². The minimum atomic E-state index is 0.0323. The van der Waals surface area contributed by atoms with Crippen LogP contribution in [-0.4, -0.2) is 22.6 Å². The van der Waals surface area contributed by atoms with Crippen molar-refractivity contribution in [3.63, 3.8) is 0 Å². The zero-order valence-electron chi connectivity index (χ0n) is 11.6. The molecule has 1 aliphatic rings. The van der Waals surface area contributed by atoms with Crippen LogP contribution in [0.3, 0.4) is 0 Å². The average Bonchev–Trinajstić information content (AvgIpc) is 2.92. The van der Waals surface area contributed by atoms with E-state index in [0.717, 1.165) is 12.8 Å². The first kappa shape index (κ1) is 14.5. The molecule has 0 unspecified atom stereocenters. The van der Waals surface area contributed by atoms with Gasteiger partial charge in [0, 0.05) is 12.8 Å². The largest absolute Gasteiger partial charge is 0.395 e. The highest BCUT2D eigenvalue weighted by molar-refractivity contribution is 5.89. The van der Waals surface area contributed by atoms with Gasteiger partial charge in [-0.15, -0.1) is 0 Å². The van der Waals surface area contributed by atoms with Crippen LogP contribution in [0.4, 0.5) is 5.82 Å². The predicted octanol–water partition coefficient (Wildman–Crippen LogP) is 2.33. The molecule has 1 saturated carbocycles. The van der Waals surface area contributed by atoms with Gasteiger partial charge in [0.2, 0.25) is 5.91 Å². The summed E-state index contributed by atoms with van der Waals surface area (Å²) < 4.78 is 0. The molecule has 0 atom stereocenters. The number of carbonyl (C=O) groups excluding carboxylic acids is 1. The van der Waals surface area contributed by atoms with Crippen molar-refractivity contribution < 1.29 is 9.90 Å². The van der Waals surface area contributed by atoms with Crippen LogP contribution in [0.25, 0.3) is 0 Å². The number of aliphatic hydroxyl groups is 1. The first-order chi connectivity index (χ1) is 9.78. The van der Waals surface area contributed by atoms with Gasteiger partial charge in [-0.25, -0.2) is 4.98 Å². The van der Waals surface area contributed by atoms with Crippen molar-refractivity contribution in [1.82, 2.24) is 4.98 Å². The zero-order chi connectivity index (χ0) is 14.2. The summed E-state index contributed by atoms with van der Waals surface area (Å²) in [6, 6.07) is 5.38. The number of anilines is 1. The molecule has 0 aromatic carbocycles. The van der Waals surface area contributed by atoms with Gasteiger partial charge in [0.25, 0.3) is 0 Å². The van der Waals surface area contributed by atoms with Crippen LogP contribution < -0.4 is 5.32 Å². The van der Waals surface area contributed by atoms with Gasteiger partial charge in [0.1, 0.15) is 11.5 Å². The maximum absolute atomic E-state index is 11.9. The molecule has 1 fully saturated rings. The lowest BCUT2D eigenvalue weighted by molar-refractivity contribution is -0.117. The molecule has 1 aromatic heterocycles. The number of aromatic nitrogens is 1. The maximum atomic E-state index is 11.9. The highest BCUT2D eigenvalue weighted by Gasteiger charge is 2.18. The molecule has 1 aromatic rings. The Bertz CT molecular complexity index is 511. The topological polar surface area (TPSA) is 62.2 Å². The molecule has 2 N–H and O–H groups in total. The van der Waals surface area contributed by atoms with E-state index in [0.29, 0.717) is 30.3 Å². The van der Waals surface area contributed by atoms with E-state index in [1.807, 2.05) is 6.07 Å². The Kier molecular flexibility index (Phi) is 5.57. The monoisotopic (exact) mass is 272 g/mol. The van der Waals surface area contributed by atoms with Crippen molar-refractivity contribution in [2.24, 2.45) is 5.92 Å². The third kappa shape index (κ3) is 4.67. The molecular weight excluding hydrogens is 252 g/mol. The van der Waals surface area contributed by atoms with Crippen molar-refractivity contribution in [2.75, 3.05) is 11.9 Å². The molecule has 2 rings (SSSR count). The van der Waals surface area contributed by atoms with Crippen molar-refractivity contribution in [3.05, 3.63) is 23.9 Å². The Morgan fingerprint density at radius 2 is 2.20 bits per heavy atom. The van der Waals surface area contributed by atoms with Crippen LogP contribution in [0.2, 0.25) is 0 Å². The molecule has 4 nitrogen and oxygen atoms in total. The lowest BCUT2D eigenvalue weighted by Gasteiger charge is -2.09. The van der Waals surface area contributed by atoms with E-state index >= 15 is 0 Å². The van der Waals surface area contributed by atoms with Crippen LogP contribution in [0.5, 0.6) is 0 Å². The second-order valence-electron chi connectivity index (χ2n) is 5.09. The Morgan fingerprint density at radius 3 is 2.95 bits per heavy atom. The van der Waals surface area contributed by atoms with E-state index < -0.39 is 0 Å². The van der Waals surface area contributed by atoms with Crippen molar-refractivity contribution in [1.29, 1.82) is 0 Å². The van der Waals surface area contributed by atoms with Crippen LogP contribution in [0.15, 0.2) is 18.2 Å². The normalized spacial score (nSPS) is 14.7. The third-order valence-electron chi connectivity index (χ3n) is 3.42. The number of carbonyl (C=O) groups is 1. The zero-order valence-corrected chi connectivity index (χ0v) is 11.6. The van der Waals surface area contributed by atoms with Crippen LogP contribution in [0, 0.1) is 17.8 Å². The van der Waals surface area contributed by atoms with Gasteiger partial charge >= 0.3 is 0 Å². The first-order valence-corrected chi connectivity index (χ1v) is 7.14. The minimum absolute atomic E-state index is 0.0323. The van der Waals surface area contributed by atoms with Crippen molar-refractivity contribution in [3.8, 4) is 11.8 Å². The summed E-state index contributed by atoms with van der Waals surface area (Å²) in [6.07, 6.45) is 5.82. The number of amides is 1. The molecule has 1 aliphatic carbocycles. The summed E-state index contributed by atoms with van der Waals surface area (Å²) in [4.78, 5) is 16.2. The number of aliphatic hydroxyl groups excluding tert-OH is 1. The molecule has 1 heterocycles.